The third-order valence-electron chi connectivity index (χ3n) is 3.46. The number of benzene rings is 1. The van der Waals surface area contributed by atoms with E-state index in [1.165, 1.54) is 30.4 Å². The first-order chi connectivity index (χ1) is 7.86. The number of rotatable bonds is 2. The predicted octanol–water partition coefficient (Wildman–Crippen LogP) is 2.93. The molecule has 1 saturated carbocycles. The number of aromatic nitrogens is 2. The molecule has 2 aromatic rings. The highest BCUT2D eigenvalue weighted by Gasteiger charge is 2.23. The maximum absolute atomic E-state index is 5.88. The number of anilines is 1. The molecule has 3 rings (SSSR count). The van der Waals surface area contributed by atoms with E-state index in [4.69, 9.17) is 5.73 Å². The van der Waals surface area contributed by atoms with E-state index < -0.39 is 0 Å². The molecular formula is C13H15N3. The van der Waals surface area contributed by atoms with Gasteiger partial charge in [-0.1, -0.05) is 30.7 Å². The Morgan fingerprint density at radius 3 is 2.62 bits per heavy atom. The molecule has 3 nitrogen and oxygen atoms in total. The molecule has 0 spiro atoms. The van der Waals surface area contributed by atoms with Gasteiger partial charge in [-0.3, -0.25) is 5.10 Å². The van der Waals surface area contributed by atoms with Gasteiger partial charge < -0.3 is 5.73 Å². The minimum absolute atomic E-state index is 0.659. The Kier molecular flexibility index (Phi) is 2.17. The first-order valence-corrected chi connectivity index (χ1v) is 5.74. The van der Waals surface area contributed by atoms with Crippen LogP contribution in [0.3, 0.4) is 0 Å². The molecule has 82 valence electrons. The van der Waals surface area contributed by atoms with E-state index in [2.05, 4.69) is 34.5 Å². The molecule has 1 aliphatic rings. The van der Waals surface area contributed by atoms with Gasteiger partial charge in [0.1, 0.15) is 5.82 Å². The summed E-state index contributed by atoms with van der Waals surface area (Å²) in [4.78, 5) is 0. The van der Waals surface area contributed by atoms with Gasteiger partial charge in [-0.05, 0) is 29.9 Å². The molecule has 0 aliphatic heterocycles. The van der Waals surface area contributed by atoms with Crippen molar-refractivity contribution in [1.29, 1.82) is 0 Å². The van der Waals surface area contributed by atoms with Crippen molar-refractivity contribution >= 4 is 5.82 Å². The Labute approximate surface area is 94.7 Å². The van der Waals surface area contributed by atoms with Gasteiger partial charge in [0.25, 0.3) is 0 Å². The molecule has 0 radical (unpaired) electrons. The fraction of sp³-hybridized carbons (Fsp3) is 0.308. The summed E-state index contributed by atoms with van der Waals surface area (Å²) in [5.74, 6) is 1.37. The van der Waals surface area contributed by atoms with Gasteiger partial charge in [0.05, 0.1) is 6.20 Å². The van der Waals surface area contributed by atoms with Crippen molar-refractivity contribution in [3.63, 3.8) is 0 Å². The van der Waals surface area contributed by atoms with Crippen LogP contribution in [-0.4, -0.2) is 10.2 Å². The van der Waals surface area contributed by atoms with Crippen molar-refractivity contribution in [1.82, 2.24) is 10.2 Å². The lowest BCUT2D eigenvalue weighted by atomic mass is 9.77. The second-order valence-electron chi connectivity index (χ2n) is 4.41. The number of H-pyrrole nitrogens is 1. The fourth-order valence-corrected chi connectivity index (χ4v) is 2.33. The first-order valence-electron chi connectivity index (χ1n) is 5.74. The van der Waals surface area contributed by atoms with Crippen LogP contribution in [0.5, 0.6) is 0 Å². The molecule has 1 aliphatic carbocycles. The van der Waals surface area contributed by atoms with Crippen molar-refractivity contribution in [2.45, 2.75) is 25.2 Å². The smallest absolute Gasteiger partial charge is 0.126 e. The molecule has 3 N–H and O–H groups in total. The standard InChI is InChI=1S/C13H15N3/c14-13-12(8-15-16-13)11-7-2-1-6-10(11)9-4-3-5-9/h1-2,6-9H,3-5H2,(H3,14,15,16). The first kappa shape index (κ1) is 9.46. The zero-order valence-electron chi connectivity index (χ0n) is 9.11. The molecule has 0 saturated heterocycles. The minimum atomic E-state index is 0.659. The Morgan fingerprint density at radius 2 is 2.00 bits per heavy atom. The van der Waals surface area contributed by atoms with Crippen LogP contribution in [-0.2, 0) is 0 Å². The molecule has 0 bridgehead atoms. The largest absolute Gasteiger partial charge is 0.384 e. The van der Waals surface area contributed by atoms with Gasteiger partial charge in [0, 0.05) is 5.56 Å². The van der Waals surface area contributed by atoms with Gasteiger partial charge in [0.15, 0.2) is 0 Å². The van der Waals surface area contributed by atoms with E-state index >= 15 is 0 Å². The number of nitrogens with zero attached hydrogens (tertiary/aromatic N) is 1. The average Bonchev–Trinajstić information content (AvgIpc) is 2.63. The molecule has 1 fully saturated rings. The number of aromatic amines is 1. The summed E-state index contributed by atoms with van der Waals surface area (Å²) in [5.41, 5.74) is 9.57. The third-order valence-corrected chi connectivity index (χ3v) is 3.46. The van der Waals surface area contributed by atoms with Crippen LogP contribution in [0.25, 0.3) is 11.1 Å². The number of hydrogen-bond acceptors (Lipinski definition) is 2. The highest BCUT2D eigenvalue weighted by atomic mass is 15.1. The van der Waals surface area contributed by atoms with E-state index in [1.807, 2.05) is 6.20 Å². The normalized spacial score (nSPS) is 16.0. The van der Waals surface area contributed by atoms with Crippen LogP contribution in [0.1, 0.15) is 30.7 Å². The second kappa shape index (κ2) is 3.67. The summed E-state index contributed by atoms with van der Waals surface area (Å²) in [7, 11) is 0. The van der Waals surface area contributed by atoms with Crippen molar-refractivity contribution in [2.24, 2.45) is 0 Å². The highest BCUT2D eigenvalue weighted by molar-refractivity contribution is 5.76. The Balaban J connectivity index is 2.09. The van der Waals surface area contributed by atoms with Gasteiger partial charge in [-0.2, -0.15) is 5.10 Å². The summed E-state index contributed by atoms with van der Waals surface area (Å²) < 4.78 is 0. The summed E-state index contributed by atoms with van der Waals surface area (Å²) in [5, 5.41) is 6.79. The lowest BCUT2D eigenvalue weighted by Crippen LogP contribution is -2.09. The minimum Gasteiger partial charge on any atom is -0.384 e. The lowest BCUT2D eigenvalue weighted by molar-refractivity contribution is 0.420. The van der Waals surface area contributed by atoms with Crippen LogP contribution >= 0.6 is 0 Å². The Hall–Kier alpha value is -1.77. The van der Waals surface area contributed by atoms with Crippen molar-refractivity contribution in [3.05, 3.63) is 36.0 Å². The predicted molar refractivity (Wildman–Crippen MR) is 65.0 cm³/mol. The lowest BCUT2D eigenvalue weighted by Gasteiger charge is -2.27. The van der Waals surface area contributed by atoms with Crippen molar-refractivity contribution < 1.29 is 0 Å². The molecule has 16 heavy (non-hydrogen) atoms. The summed E-state index contributed by atoms with van der Waals surface area (Å²) >= 11 is 0. The van der Waals surface area contributed by atoms with Gasteiger partial charge in [0.2, 0.25) is 0 Å². The summed E-state index contributed by atoms with van der Waals surface area (Å²) in [6.07, 6.45) is 5.76. The number of nitrogen functional groups attached to an aromatic ring is 1. The van der Waals surface area contributed by atoms with Crippen LogP contribution in [0, 0.1) is 0 Å². The van der Waals surface area contributed by atoms with Crippen LogP contribution in [0.15, 0.2) is 30.5 Å². The quantitative estimate of drug-likeness (QED) is 0.805. The molecule has 1 aromatic carbocycles. The maximum atomic E-state index is 5.88. The van der Waals surface area contributed by atoms with Gasteiger partial charge >= 0.3 is 0 Å². The van der Waals surface area contributed by atoms with Crippen LogP contribution in [0.4, 0.5) is 5.82 Å². The van der Waals surface area contributed by atoms with E-state index in [-0.39, 0.29) is 0 Å². The summed E-state index contributed by atoms with van der Waals surface area (Å²) in [6.45, 7) is 0. The molecule has 1 heterocycles. The highest BCUT2D eigenvalue weighted by Crippen LogP contribution is 2.41. The Morgan fingerprint density at radius 1 is 1.19 bits per heavy atom. The second-order valence-corrected chi connectivity index (χ2v) is 4.41. The molecule has 3 heteroatoms. The molecule has 0 amide bonds. The van der Waals surface area contributed by atoms with Gasteiger partial charge in [-0.25, -0.2) is 0 Å². The third kappa shape index (κ3) is 1.40. The average molecular weight is 213 g/mol. The van der Waals surface area contributed by atoms with E-state index in [9.17, 15) is 0 Å². The number of nitrogens with one attached hydrogen (secondary N) is 1. The SMILES string of the molecule is Nc1[nH]ncc1-c1ccccc1C1CCC1. The maximum Gasteiger partial charge on any atom is 0.126 e. The Bertz CT molecular complexity index is 497. The topological polar surface area (TPSA) is 54.7 Å². The number of nitrogens with two attached hydrogens (primary N) is 1. The van der Waals surface area contributed by atoms with E-state index in [0.29, 0.717) is 11.7 Å². The number of hydrogen-bond donors (Lipinski definition) is 2. The van der Waals surface area contributed by atoms with E-state index in [0.717, 1.165) is 5.56 Å². The molecule has 0 atom stereocenters. The van der Waals surface area contributed by atoms with E-state index in [1.54, 1.807) is 0 Å². The van der Waals surface area contributed by atoms with Crippen LogP contribution < -0.4 is 5.73 Å². The monoisotopic (exact) mass is 213 g/mol. The van der Waals surface area contributed by atoms with Crippen molar-refractivity contribution in [2.75, 3.05) is 5.73 Å². The summed E-state index contributed by atoms with van der Waals surface area (Å²) in [6, 6.07) is 8.51. The fourth-order valence-electron chi connectivity index (χ4n) is 2.33. The zero-order chi connectivity index (χ0) is 11.0. The van der Waals surface area contributed by atoms with Gasteiger partial charge in [-0.15, -0.1) is 0 Å². The molecular weight excluding hydrogens is 198 g/mol. The van der Waals surface area contributed by atoms with Crippen LogP contribution in [0.2, 0.25) is 0 Å². The molecule has 0 unspecified atom stereocenters. The van der Waals surface area contributed by atoms with Crippen molar-refractivity contribution in [3.8, 4) is 11.1 Å². The zero-order valence-corrected chi connectivity index (χ0v) is 9.11. The molecule has 1 aromatic heterocycles.